The van der Waals surface area contributed by atoms with E-state index in [0.29, 0.717) is 0 Å². The van der Waals surface area contributed by atoms with Gasteiger partial charge in [0, 0.05) is 43.3 Å². The average Bonchev–Trinajstić information content (AvgIpc) is 2.69. The van der Waals surface area contributed by atoms with E-state index in [1.165, 1.54) is 11.1 Å². The van der Waals surface area contributed by atoms with Gasteiger partial charge >= 0.3 is 0 Å². The third kappa shape index (κ3) is 2.76. The van der Waals surface area contributed by atoms with Crippen LogP contribution in [0.2, 0.25) is 0 Å². The highest BCUT2D eigenvalue weighted by Gasteiger charge is 2.14. The molecule has 18 heavy (non-hydrogen) atoms. The van der Waals surface area contributed by atoms with Crippen LogP contribution in [0.25, 0.3) is 0 Å². The van der Waals surface area contributed by atoms with Gasteiger partial charge < -0.3 is 5.32 Å². The maximum absolute atomic E-state index is 4.38. The van der Waals surface area contributed by atoms with Crippen molar-refractivity contribution in [3.63, 3.8) is 0 Å². The summed E-state index contributed by atoms with van der Waals surface area (Å²) in [5.74, 6) is 0. The first kappa shape index (κ1) is 12.8. The molecule has 0 spiro atoms. The number of nitrogens with one attached hydrogen (secondary N) is 1. The zero-order valence-corrected chi connectivity index (χ0v) is 11.4. The first-order valence-electron chi connectivity index (χ1n) is 6.24. The second-order valence-electron chi connectivity index (χ2n) is 4.74. The van der Waals surface area contributed by atoms with Crippen LogP contribution in [0, 0.1) is 6.92 Å². The Labute approximate surface area is 108 Å². The van der Waals surface area contributed by atoms with Crippen LogP contribution in [0.5, 0.6) is 0 Å². The molecule has 0 amide bonds. The second kappa shape index (κ2) is 5.31. The van der Waals surface area contributed by atoms with Crippen LogP contribution in [0.1, 0.15) is 42.8 Å². The van der Waals surface area contributed by atoms with E-state index in [4.69, 9.17) is 0 Å². The van der Waals surface area contributed by atoms with E-state index in [1.54, 1.807) is 6.20 Å². The second-order valence-corrected chi connectivity index (χ2v) is 4.74. The van der Waals surface area contributed by atoms with Gasteiger partial charge in [-0.2, -0.15) is 5.10 Å². The van der Waals surface area contributed by atoms with Crippen LogP contribution in [0.4, 0.5) is 0 Å². The van der Waals surface area contributed by atoms with E-state index in [0.717, 1.165) is 5.69 Å². The maximum atomic E-state index is 4.38. The molecule has 2 aromatic heterocycles. The van der Waals surface area contributed by atoms with Crippen LogP contribution in [0.3, 0.4) is 0 Å². The Kier molecular flexibility index (Phi) is 3.77. The van der Waals surface area contributed by atoms with E-state index < -0.39 is 0 Å². The Morgan fingerprint density at radius 1 is 1.28 bits per heavy atom. The van der Waals surface area contributed by atoms with Gasteiger partial charge in [-0.25, -0.2) is 0 Å². The lowest BCUT2D eigenvalue weighted by atomic mass is 10.1. The summed E-state index contributed by atoms with van der Waals surface area (Å²) in [6.07, 6.45) is 5.77. The van der Waals surface area contributed by atoms with Crippen LogP contribution in [-0.4, -0.2) is 14.8 Å². The zero-order valence-electron chi connectivity index (χ0n) is 11.4. The number of rotatable bonds is 4. The van der Waals surface area contributed by atoms with Crippen LogP contribution in [-0.2, 0) is 7.05 Å². The molecule has 0 aliphatic rings. The Bertz CT molecular complexity index is 504. The molecule has 2 aromatic rings. The third-order valence-corrected chi connectivity index (χ3v) is 3.20. The van der Waals surface area contributed by atoms with Crippen molar-refractivity contribution in [1.82, 2.24) is 20.1 Å². The predicted molar refractivity (Wildman–Crippen MR) is 72.1 cm³/mol. The molecule has 0 aliphatic heterocycles. The van der Waals surface area contributed by atoms with Crippen LogP contribution >= 0.6 is 0 Å². The molecule has 96 valence electrons. The molecule has 0 radical (unpaired) electrons. The smallest absolute Gasteiger partial charge is 0.0641 e. The molecule has 4 nitrogen and oxygen atoms in total. The monoisotopic (exact) mass is 244 g/mol. The zero-order chi connectivity index (χ0) is 13.1. The Balaban J connectivity index is 2.08. The van der Waals surface area contributed by atoms with Gasteiger partial charge in [0.15, 0.2) is 0 Å². The molecule has 2 unspecified atom stereocenters. The highest BCUT2D eigenvalue weighted by molar-refractivity contribution is 5.21. The fraction of sp³-hybridized carbons (Fsp3) is 0.429. The van der Waals surface area contributed by atoms with Crippen LogP contribution in [0.15, 0.2) is 30.7 Å². The highest BCUT2D eigenvalue weighted by atomic mass is 15.3. The van der Waals surface area contributed by atoms with Crippen molar-refractivity contribution in [1.29, 1.82) is 0 Å². The van der Waals surface area contributed by atoms with Crippen molar-refractivity contribution in [2.24, 2.45) is 7.05 Å². The lowest BCUT2D eigenvalue weighted by Gasteiger charge is -2.19. The van der Waals surface area contributed by atoms with E-state index in [2.05, 4.69) is 41.5 Å². The minimum absolute atomic E-state index is 0.272. The first-order valence-corrected chi connectivity index (χ1v) is 6.24. The molecule has 0 fully saturated rings. The fourth-order valence-electron chi connectivity index (χ4n) is 2.24. The molecular formula is C14H20N4. The van der Waals surface area contributed by atoms with E-state index >= 15 is 0 Å². The summed E-state index contributed by atoms with van der Waals surface area (Å²) in [5, 5.41) is 7.95. The standard InChI is InChI=1S/C14H20N4/c1-10(13-6-5-7-15-8-13)16-11(2)14-9-18(4)17-12(14)3/h5-11,16H,1-4H3. The van der Waals surface area contributed by atoms with Gasteiger partial charge in [-0.15, -0.1) is 0 Å². The largest absolute Gasteiger partial charge is 0.303 e. The number of aromatic nitrogens is 3. The van der Waals surface area contributed by atoms with Crippen molar-refractivity contribution in [3.05, 3.63) is 47.5 Å². The Hall–Kier alpha value is -1.68. The first-order chi connectivity index (χ1) is 8.58. The van der Waals surface area contributed by atoms with Crippen molar-refractivity contribution >= 4 is 0 Å². The van der Waals surface area contributed by atoms with Gasteiger partial charge in [0.05, 0.1) is 5.69 Å². The topological polar surface area (TPSA) is 42.7 Å². The molecule has 2 heterocycles. The molecule has 2 atom stereocenters. The summed E-state index contributed by atoms with van der Waals surface area (Å²) in [6, 6.07) is 4.60. The summed E-state index contributed by atoms with van der Waals surface area (Å²) in [5.41, 5.74) is 3.52. The van der Waals surface area contributed by atoms with Crippen molar-refractivity contribution < 1.29 is 0 Å². The Morgan fingerprint density at radius 3 is 2.61 bits per heavy atom. The molecule has 2 rings (SSSR count). The number of pyridine rings is 1. The molecule has 0 saturated heterocycles. The SMILES string of the molecule is Cc1nn(C)cc1C(C)NC(C)c1cccnc1. The van der Waals surface area contributed by atoms with Gasteiger partial charge in [-0.1, -0.05) is 6.07 Å². The highest BCUT2D eigenvalue weighted by Crippen LogP contribution is 2.20. The minimum atomic E-state index is 0.272. The van der Waals surface area contributed by atoms with Crippen molar-refractivity contribution in [3.8, 4) is 0 Å². The molecule has 1 N–H and O–H groups in total. The van der Waals surface area contributed by atoms with Gasteiger partial charge in [0.2, 0.25) is 0 Å². The molecule has 0 saturated carbocycles. The summed E-state index contributed by atoms with van der Waals surface area (Å²) >= 11 is 0. The van der Waals surface area contributed by atoms with Crippen molar-refractivity contribution in [2.75, 3.05) is 0 Å². The fourth-order valence-corrected chi connectivity index (χ4v) is 2.24. The quantitative estimate of drug-likeness (QED) is 0.898. The lowest BCUT2D eigenvalue weighted by molar-refractivity contribution is 0.492. The van der Waals surface area contributed by atoms with Gasteiger partial charge in [0.25, 0.3) is 0 Å². The molecule has 4 heteroatoms. The molecule has 0 aromatic carbocycles. The Morgan fingerprint density at radius 2 is 2.06 bits per heavy atom. The summed E-state index contributed by atoms with van der Waals surface area (Å²) in [7, 11) is 1.95. The summed E-state index contributed by atoms with van der Waals surface area (Å²) in [6.45, 7) is 6.36. The normalized spacial score (nSPS) is 14.4. The number of aryl methyl sites for hydroxylation is 2. The average molecular weight is 244 g/mol. The molecule has 0 aliphatic carbocycles. The lowest BCUT2D eigenvalue weighted by Crippen LogP contribution is -2.22. The minimum Gasteiger partial charge on any atom is -0.303 e. The number of hydrogen-bond acceptors (Lipinski definition) is 3. The molecular weight excluding hydrogens is 224 g/mol. The summed E-state index contributed by atoms with van der Waals surface area (Å²) < 4.78 is 1.86. The van der Waals surface area contributed by atoms with Gasteiger partial charge in [-0.3, -0.25) is 9.67 Å². The van der Waals surface area contributed by atoms with Crippen molar-refractivity contribution in [2.45, 2.75) is 32.9 Å². The molecule has 0 bridgehead atoms. The van der Waals surface area contributed by atoms with E-state index in [1.807, 2.05) is 30.9 Å². The van der Waals surface area contributed by atoms with Gasteiger partial charge in [0.1, 0.15) is 0 Å². The predicted octanol–water partition coefficient (Wildman–Crippen LogP) is 2.54. The third-order valence-electron chi connectivity index (χ3n) is 3.20. The van der Waals surface area contributed by atoms with Crippen LogP contribution < -0.4 is 5.32 Å². The summed E-state index contributed by atoms with van der Waals surface area (Å²) in [4.78, 5) is 4.15. The van der Waals surface area contributed by atoms with E-state index in [9.17, 15) is 0 Å². The maximum Gasteiger partial charge on any atom is 0.0641 e. The number of hydrogen-bond donors (Lipinski definition) is 1. The van der Waals surface area contributed by atoms with E-state index in [-0.39, 0.29) is 12.1 Å². The van der Waals surface area contributed by atoms with Gasteiger partial charge in [-0.05, 0) is 32.4 Å². The number of nitrogens with zero attached hydrogens (tertiary/aromatic N) is 3.